The van der Waals surface area contributed by atoms with Gasteiger partial charge in [-0.05, 0) is 124 Å². The quantitative estimate of drug-likeness (QED) is 0.288. The molecule has 0 aromatic rings. The van der Waals surface area contributed by atoms with Crippen molar-refractivity contribution in [3.05, 3.63) is 0 Å². The average molecular weight is 569 g/mol. The Labute approximate surface area is 246 Å². The number of carbonyl (C=O) groups is 2. The summed E-state index contributed by atoms with van der Waals surface area (Å²) in [7, 11) is 0. The lowest BCUT2D eigenvalue weighted by Gasteiger charge is -2.62. The van der Waals surface area contributed by atoms with Crippen LogP contribution >= 0.6 is 0 Å². The maximum atomic E-state index is 13.0. The van der Waals surface area contributed by atoms with Crippen LogP contribution < -0.4 is 10.6 Å². The number of terminal acetylenes is 1. The number of rotatable bonds is 10. The molecule has 8 nitrogen and oxygen atoms in total. The SMILES string of the molecule is C#CCNC(=O)C(CCC1(C)N=N1)NC(=O)CCC(C)C1CCC2C3C(O)CC4CC(O)CCC4(C)C3CCC12C. The van der Waals surface area contributed by atoms with Crippen molar-refractivity contribution in [3.63, 3.8) is 0 Å². The highest BCUT2D eigenvalue weighted by Gasteiger charge is 2.62. The monoisotopic (exact) mass is 568 g/mol. The summed E-state index contributed by atoms with van der Waals surface area (Å²) in [6.07, 6.45) is 15.4. The van der Waals surface area contributed by atoms with Gasteiger partial charge in [0.15, 0.2) is 5.66 Å². The predicted molar refractivity (Wildman–Crippen MR) is 157 cm³/mol. The molecule has 2 amide bonds. The van der Waals surface area contributed by atoms with Gasteiger partial charge in [0.2, 0.25) is 11.8 Å². The summed E-state index contributed by atoms with van der Waals surface area (Å²) in [4.78, 5) is 25.7. The van der Waals surface area contributed by atoms with Crippen molar-refractivity contribution in [1.29, 1.82) is 0 Å². The Morgan fingerprint density at radius 2 is 1.71 bits per heavy atom. The van der Waals surface area contributed by atoms with Gasteiger partial charge in [0.1, 0.15) is 6.04 Å². The van der Waals surface area contributed by atoms with E-state index in [0.717, 1.165) is 51.4 Å². The van der Waals surface area contributed by atoms with Gasteiger partial charge in [-0.25, -0.2) is 0 Å². The number of fused-ring (bicyclic) bond motifs is 5. The van der Waals surface area contributed by atoms with Crippen molar-refractivity contribution in [2.24, 2.45) is 56.6 Å². The van der Waals surface area contributed by atoms with Gasteiger partial charge in [0, 0.05) is 6.42 Å². The third-order valence-corrected chi connectivity index (χ3v) is 12.6. The first kappa shape index (κ1) is 30.5. The molecule has 1 heterocycles. The standard InChI is InChI=1S/C33H52N4O4/c1-6-17-34-30(41)26(13-16-33(5)36-37-33)35-28(40)10-7-20(2)23-8-9-24-29-25(12-15-32(23,24)4)31(3)14-11-22(38)18-21(31)19-27(29)39/h1,20-27,29,38-39H,7-19H2,2-5H3,(H,34,41)(H,35,40). The van der Waals surface area contributed by atoms with Crippen LogP contribution in [0.2, 0.25) is 0 Å². The van der Waals surface area contributed by atoms with E-state index in [1.807, 2.05) is 6.92 Å². The molecule has 0 bridgehead atoms. The van der Waals surface area contributed by atoms with E-state index in [1.165, 1.54) is 6.42 Å². The third kappa shape index (κ3) is 5.95. The molecule has 0 saturated heterocycles. The topological polar surface area (TPSA) is 123 Å². The largest absolute Gasteiger partial charge is 0.393 e. The van der Waals surface area contributed by atoms with Crippen LogP contribution in [0.25, 0.3) is 0 Å². The van der Waals surface area contributed by atoms with E-state index in [1.54, 1.807) is 0 Å². The summed E-state index contributed by atoms with van der Waals surface area (Å²) in [5.74, 6) is 4.81. The first-order valence-corrected chi connectivity index (χ1v) is 16.2. The highest BCUT2D eigenvalue weighted by molar-refractivity contribution is 5.87. The van der Waals surface area contributed by atoms with Gasteiger partial charge in [0.25, 0.3) is 0 Å². The summed E-state index contributed by atoms with van der Waals surface area (Å²) in [6.45, 7) is 9.27. The average Bonchev–Trinajstić information content (AvgIpc) is 3.56. The van der Waals surface area contributed by atoms with Crippen molar-refractivity contribution in [2.75, 3.05) is 6.54 Å². The van der Waals surface area contributed by atoms with Crippen molar-refractivity contribution in [3.8, 4) is 12.3 Å². The van der Waals surface area contributed by atoms with E-state index < -0.39 is 11.7 Å². The first-order chi connectivity index (χ1) is 19.4. The third-order valence-electron chi connectivity index (χ3n) is 12.6. The molecular formula is C33H52N4O4. The Morgan fingerprint density at radius 3 is 2.41 bits per heavy atom. The molecule has 1 aliphatic heterocycles. The second kappa shape index (κ2) is 11.6. The van der Waals surface area contributed by atoms with Crippen LogP contribution in [0, 0.1) is 58.7 Å². The number of nitrogens with one attached hydrogen (secondary N) is 2. The Kier molecular flexibility index (Phi) is 8.62. The second-order valence-corrected chi connectivity index (χ2v) is 15.0. The summed E-state index contributed by atoms with van der Waals surface area (Å²) in [5, 5.41) is 35.6. The van der Waals surface area contributed by atoms with Crippen molar-refractivity contribution >= 4 is 11.8 Å². The number of carbonyl (C=O) groups excluding carboxylic acids is 2. The molecule has 4 saturated carbocycles. The molecule has 4 aliphatic carbocycles. The van der Waals surface area contributed by atoms with Crippen LogP contribution in [-0.4, -0.2) is 52.5 Å². The lowest BCUT2D eigenvalue weighted by atomic mass is 9.43. The minimum absolute atomic E-state index is 0.0999. The molecule has 0 aromatic carbocycles. The smallest absolute Gasteiger partial charge is 0.243 e. The molecule has 8 heteroatoms. The van der Waals surface area contributed by atoms with Crippen molar-refractivity contribution < 1.29 is 19.8 Å². The molecule has 4 fully saturated rings. The lowest BCUT2D eigenvalue weighted by Crippen LogP contribution is -2.58. The summed E-state index contributed by atoms with van der Waals surface area (Å²) in [5.41, 5.74) is -0.0198. The van der Waals surface area contributed by atoms with Crippen LogP contribution in [0.3, 0.4) is 0 Å². The molecule has 5 aliphatic rings. The first-order valence-electron chi connectivity index (χ1n) is 16.2. The zero-order chi connectivity index (χ0) is 29.6. The van der Waals surface area contributed by atoms with Gasteiger partial charge in [-0.3, -0.25) is 9.59 Å². The van der Waals surface area contributed by atoms with Gasteiger partial charge >= 0.3 is 0 Å². The maximum Gasteiger partial charge on any atom is 0.243 e. The van der Waals surface area contributed by atoms with Gasteiger partial charge < -0.3 is 20.8 Å². The van der Waals surface area contributed by atoms with Gasteiger partial charge in [-0.2, -0.15) is 10.2 Å². The lowest BCUT2D eigenvalue weighted by molar-refractivity contribution is -0.174. The number of hydrogen-bond acceptors (Lipinski definition) is 6. The normalized spacial score (nSPS) is 41.6. The van der Waals surface area contributed by atoms with Gasteiger partial charge in [0.05, 0.1) is 18.8 Å². The fraction of sp³-hybridized carbons (Fsp3) is 0.879. The molecule has 4 N–H and O–H groups in total. The van der Waals surface area contributed by atoms with Crippen LogP contribution in [0.15, 0.2) is 10.2 Å². The fourth-order valence-electron chi connectivity index (χ4n) is 10.1. The fourth-order valence-corrected chi connectivity index (χ4v) is 10.1. The van der Waals surface area contributed by atoms with E-state index >= 15 is 0 Å². The number of hydrogen-bond donors (Lipinski definition) is 4. The van der Waals surface area contributed by atoms with E-state index in [2.05, 4.69) is 47.6 Å². The van der Waals surface area contributed by atoms with Gasteiger partial charge in [-0.15, -0.1) is 6.42 Å². The summed E-state index contributed by atoms with van der Waals surface area (Å²) >= 11 is 0. The van der Waals surface area contributed by atoms with E-state index in [0.29, 0.717) is 54.8 Å². The minimum Gasteiger partial charge on any atom is -0.393 e. The van der Waals surface area contributed by atoms with Crippen LogP contribution in [-0.2, 0) is 9.59 Å². The zero-order valence-electron chi connectivity index (χ0n) is 25.6. The van der Waals surface area contributed by atoms with Gasteiger partial charge in [-0.1, -0.05) is 26.7 Å². The molecule has 11 atom stereocenters. The molecule has 41 heavy (non-hydrogen) atoms. The van der Waals surface area contributed by atoms with E-state index in [9.17, 15) is 19.8 Å². The Balaban J connectivity index is 1.18. The molecule has 0 radical (unpaired) electrons. The van der Waals surface area contributed by atoms with Crippen molar-refractivity contribution in [1.82, 2.24) is 10.6 Å². The Hall–Kier alpha value is -1.98. The summed E-state index contributed by atoms with van der Waals surface area (Å²) in [6, 6.07) is -0.642. The number of aliphatic hydroxyl groups is 2. The second-order valence-electron chi connectivity index (χ2n) is 15.0. The molecule has 5 rings (SSSR count). The molecule has 228 valence electrons. The highest BCUT2D eigenvalue weighted by atomic mass is 16.3. The number of nitrogens with zero attached hydrogens (tertiary/aromatic N) is 2. The predicted octanol–water partition coefficient (Wildman–Crippen LogP) is 4.59. The minimum atomic E-state index is -0.642. The molecule has 0 spiro atoms. The number of amides is 2. The van der Waals surface area contributed by atoms with Crippen LogP contribution in [0.1, 0.15) is 105 Å². The molecule has 11 unspecified atom stereocenters. The van der Waals surface area contributed by atoms with Crippen LogP contribution in [0.5, 0.6) is 0 Å². The highest BCUT2D eigenvalue weighted by Crippen LogP contribution is 2.68. The number of aliphatic hydroxyl groups excluding tert-OH is 2. The Morgan fingerprint density at radius 1 is 1.00 bits per heavy atom. The zero-order valence-corrected chi connectivity index (χ0v) is 25.6. The Bertz CT molecular complexity index is 1070. The maximum absolute atomic E-state index is 13.0. The van der Waals surface area contributed by atoms with Crippen molar-refractivity contribution in [2.45, 2.75) is 129 Å². The molecule has 0 aromatic heterocycles. The summed E-state index contributed by atoms with van der Waals surface area (Å²) < 4.78 is 0. The van der Waals surface area contributed by atoms with E-state index in [-0.39, 0.29) is 41.4 Å². The van der Waals surface area contributed by atoms with Crippen LogP contribution in [0.4, 0.5) is 0 Å². The van der Waals surface area contributed by atoms with E-state index in [4.69, 9.17) is 6.42 Å². The molecular weight excluding hydrogens is 516 g/mol.